The Morgan fingerprint density at radius 3 is 2.41 bits per heavy atom. The monoisotopic (exact) mass is 375 g/mol. The maximum atomic E-state index is 14.3. The van der Waals surface area contributed by atoms with Crippen molar-refractivity contribution < 1.29 is 48.2 Å². The minimum Gasteiger partial charge on any atom is -0.548 e. The van der Waals surface area contributed by atoms with Crippen LogP contribution in [0.2, 0.25) is 0 Å². The zero-order valence-electron chi connectivity index (χ0n) is 14.8. The van der Waals surface area contributed by atoms with Crippen molar-refractivity contribution >= 4 is 22.3 Å². The van der Waals surface area contributed by atoms with Crippen LogP contribution < -0.4 is 40.4 Å². The third-order valence-electron chi connectivity index (χ3n) is 4.16. The van der Waals surface area contributed by atoms with E-state index in [2.05, 4.69) is 0 Å². The third-order valence-corrected chi connectivity index (χ3v) is 4.16. The largest absolute Gasteiger partial charge is 1.00 e. The summed E-state index contributed by atoms with van der Waals surface area (Å²) in [5.74, 6) is -2.80. The molecule has 6 heteroatoms. The minimum absolute atomic E-state index is 0. The van der Waals surface area contributed by atoms with Crippen LogP contribution in [0.4, 0.5) is 8.78 Å². The summed E-state index contributed by atoms with van der Waals surface area (Å²) in [4.78, 5) is 10.9. The van der Waals surface area contributed by atoms with Crippen LogP contribution in [0.1, 0.15) is 17.5 Å². The number of carbonyl (C=O) groups excluding carboxylic acids is 1. The molecule has 0 amide bonds. The quantitative estimate of drug-likeness (QED) is 0.640. The van der Waals surface area contributed by atoms with Gasteiger partial charge in [0.25, 0.3) is 0 Å². The van der Waals surface area contributed by atoms with Gasteiger partial charge in [0.1, 0.15) is 11.6 Å². The Morgan fingerprint density at radius 1 is 1.04 bits per heavy atom. The van der Waals surface area contributed by atoms with Crippen molar-refractivity contribution in [2.75, 3.05) is 0 Å². The molecule has 2 N–H and O–H groups in total. The summed E-state index contributed by atoms with van der Waals surface area (Å²) in [7, 11) is 0. The number of halogens is 2. The normalized spacial score (nSPS) is 12.5. The molecule has 0 aliphatic heterocycles. The zero-order valence-corrected chi connectivity index (χ0v) is 16.8. The summed E-state index contributed by atoms with van der Waals surface area (Å²) < 4.78 is 27.6. The molecule has 132 valence electrons. The number of hydrogen-bond donors (Lipinski definition) is 1. The molecule has 0 radical (unpaired) electrons. The van der Waals surface area contributed by atoms with Gasteiger partial charge in [0, 0.05) is 17.7 Å². The second-order valence-electron chi connectivity index (χ2n) is 5.97. The number of aliphatic carboxylic acids is 1. The molecule has 0 spiro atoms. The molecular formula is C21H16F2NNaO2. The number of fused-ring (bicyclic) bond motifs is 1. The van der Waals surface area contributed by atoms with Gasteiger partial charge < -0.3 is 15.6 Å². The molecule has 3 nitrogen and oxygen atoms in total. The van der Waals surface area contributed by atoms with Crippen molar-refractivity contribution in [3.63, 3.8) is 0 Å². The molecule has 0 saturated heterocycles. The van der Waals surface area contributed by atoms with Gasteiger partial charge in [-0.3, -0.25) is 0 Å². The fraction of sp³-hybridized carbons (Fsp3) is 0.0952. The van der Waals surface area contributed by atoms with Gasteiger partial charge in [-0.05, 0) is 46.5 Å². The molecule has 27 heavy (non-hydrogen) atoms. The fourth-order valence-electron chi connectivity index (χ4n) is 2.79. The summed E-state index contributed by atoms with van der Waals surface area (Å²) in [6.45, 7) is 0. The van der Waals surface area contributed by atoms with E-state index in [1.165, 1.54) is 6.07 Å². The number of benzene rings is 3. The van der Waals surface area contributed by atoms with Gasteiger partial charge in [-0.15, -0.1) is 0 Å². The first-order chi connectivity index (χ1) is 12.5. The van der Waals surface area contributed by atoms with Gasteiger partial charge >= 0.3 is 29.6 Å². The predicted molar refractivity (Wildman–Crippen MR) is 95.0 cm³/mol. The van der Waals surface area contributed by atoms with E-state index in [4.69, 9.17) is 5.73 Å². The smallest absolute Gasteiger partial charge is 0.548 e. The molecule has 0 aliphatic carbocycles. The molecular weight excluding hydrogens is 359 g/mol. The predicted octanol–water partition coefficient (Wildman–Crippen LogP) is 0.0210. The molecule has 3 rings (SSSR count). The molecule has 3 aromatic carbocycles. The van der Waals surface area contributed by atoms with Gasteiger partial charge in [0.15, 0.2) is 0 Å². The summed E-state index contributed by atoms with van der Waals surface area (Å²) in [5.41, 5.74) is 6.82. The SMILES string of the molecule is N[C@@H](C/C=C(/c1ccc2ccccc2c1)c1ccc(F)cc1F)C(=O)[O-].[Na+]. The molecule has 0 heterocycles. The van der Waals surface area contributed by atoms with Crippen molar-refractivity contribution in [3.05, 3.63) is 89.5 Å². The maximum Gasteiger partial charge on any atom is 1.00 e. The van der Waals surface area contributed by atoms with Gasteiger partial charge in [-0.2, -0.15) is 0 Å². The molecule has 3 aromatic rings. The Morgan fingerprint density at radius 2 is 1.74 bits per heavy atom. The second kappa shape index (κ2) is 9.24. The van der Waals surface area contributed by atoms with Gasteiger partial charge in [0.2, 0.25) is 0 Å². The maximum absolute atomic E-state index is 14.3. The van der Waals surface area contributed by atoms with E-state index in [1.54, 1.807) is 6.08 Å². The molecule has 0 saturated carbocycles. The van der Waals surface area contributed by atoms with E-state index >= 15 is 0 Å². The number of hydrogen-bond acceptors (Lipinski definition) is 3. The molecule has 0 aliphatic rings. The van der Waals surface area contributed by atoms with Crippen LogP contribution in [-0.4, -0.2) is 12.0 Å². The van der Waals surface area contributed by atoms with Crippen LogP contribution in [0.3, 0.4) is 0 Å². The van der Waals surface area contributed by atoms with Crippen LogP contribution >= 0.6 is 0 Å². The topological polar surface area (TPSA) is 66.2 Å². The van der Waals surface area contributed by atoms with E-state index in [9.17, 15) is 18.7 Å². The Labute approximate surface area is 177 Å². The van der Waals surface area contributed by atoms with Crippen LogP contribution in [-0.2, 0) is 4.79 Å². The molecule has 0 aromatic heterocycles. The third kappa shape index (κ3) is 5.02. The number of carboxylic acid groups (broad SMARTS) is 1. The number of rotatable bonds is 5. The Balaban J connectivity index is 0.00000261. The molecule has 1 atom stereocenters. The van der Waals surface area contributed by atoms with E-state index in [0.29, 0.717) is 11.1 Å². The van der Waals surface area contributed by atoms with E-state index < -0.39 is 23.6 Å². The molecule has 0 unspecified atom stereocenters. The van der Waals surface area contributed by atoms with Crippen molar-refractivity contribution in [2.24, 2.45) is 5.73 Å². The van der Waals surface area contributed by atoms with Gasteiger partial charge in [-0.1, -0.05) is 42.5 Å². The van der Waals surface area contributed by atoms with Crippen LogP contribution in [0.15, 0.2) is 66.7 Å². The Bertz CT molecular complexity index is 1000. The van der Waals surface area contributed by atoms with Crippen LogP contribution in [0, 0.1) is 11.6 Å². The summed E-state index contributed by atoms with van der Waals surface area (Å²) in [5, 5.41) is 12.8. The minimum atomic E-state index is -1.39. The molecule has 0 fully saturated rings. The van der Waals surface area contributed by atoms with E-state index in [1.807, 2.05) is 42.5 Å². The van der Waals surface area contributed by atoms with Gasteiger partial charge in [0.05, 0.1) is 5.97 Å². The fourth-order valence-corrected chi connectivity index (χ4v) is 2.79. The molecule has 0 bridgehead atoms. The average molecular weight is 375 g/mol. The average Bonchev–Trinajstić information content (AvgIpc) is 2.62. The number of carboxylic acids is 1. The first-order valence-electron chi connectivity index (χ1n) is 8.07. The summed E-state index contributed by atoms with van der Waals surface area (Å²) in [6.07, 6.45) is 1.50. The Hall–Kier alpha value is -2.05. The summed E-state index contributed by atoms with van der Waals surface area (Å²) >= 11 is 0. The van der Waals surface area contributed by atoms with Gasteiger partial charge in [-0.25, -0.2) is 8.78 Å². The number of nitrogens with two attached hydrogens (primary N) is 1. The van der Waals surface area contributed by atoms with Crippen LogP contribution in [0.25, 0.3) is 16.3 Å². The van der Waals surface area contributed by atoms with Crippen molar-refractivity contribution in [2.45, 2.75) is 12.5 Å². The van der Waals surface area contributed by atoms with Crippen LogP contribution in [0.5, 0.6) is 0 Å². The van der Waals surface area contributed by atoms with E-state index in [-0.39, 0.29) is 41.5 Å². The van der Waals surface area contributed by atoms with Crippen molar-refractivity contribution in [3.8, 4) is 0 Å². The Kier molecular flexibility index (Phi) is 7.27. The summed E-state index contributed by atoms with van der Waals surface area (Å²) in [6, 6.07) is 15.3. The number of carbonyl (C=O) groups is 1. The standard InChI is InChI=1S/C21H17F2NO2.Na/c22-16-7-8-18(19(23)12-16)17(9-10-20(24)21(25)26)15-6-5-13-3-1-2-4-14(13)11-15;/h1-9,11-12,20H,10,24H2,(H,25,26);/q;+1/p-1/b17-9-;/t20-;/m0./s1. The second-order valence-corrected chi connectivity index (χ2v) is 5.97. The first-order valence-corrected chi connectivity index (χ1v) is 8.07. The van der Waals surface area contributed by atoms with Crippen molar-refractivity contribution in [1.82, 2.24) is 0 Å². The van der Waals surface area contributed by atoms with Crippen molar-refractivity contribution in [1.29, 1.82) is 0 Å². The first kappa shape index (κ1) is 21.3. The zero-order chi connectivity index (χ0) is 18.7. The van der Waals surface area contributed by atoms with E-state index in [0.717, 1.165) is 22.9 Å².